The number of para-hydroxylation sites is 1. The highest BCUT2D eigenvalue weighted by Crippen LogP contribution is 2.21. The van der Waals surface area contributed by atoms with Crippen molar-refractivity contribution < 1.29 is 24.2 Å². The van der Waals surface area contributed by atoms with Crippen LogP contribution in [-0.2, 0) is 0 Å². The highest BCUT2D eigenvalue weighted by atomic mass is 19.1. The van der Waals surface area contributed by atoms with Crippen molar-refractivity contribution in [3.63, 3.8) is 0 Å². The first-order valence-electron chi connectivity index (χ1n) is 5.61. The predicted octanol–water partition coefficient (Wildman–Crippen LogP) is 2.48. The number of carbonyl (C=O) groups is 2. The number of phenols is 1. The van der Waals surface area contributed by atoms with E-state index in [1.54, 1.807) is 0 Å². The van der Waals surface area contributed by atoms with Gasteiger partial charge in [-0.3, -0.25) is 4.79 Å². The van der Waals surface area contributed by atoms with E-state index < -0.39 is 23.4 Å². The molecular weight excluding hydrogens is 265 g/mol. The van der Waals surface area contributed by atoms with Gasteiger partial charge in [0.05, 0.1) is 11.3 Å². The van der Waals surface area contributed by atoms with Gasteiger partial charge in [-0.1, -0.05) is 6.07 Å². The summed E-state index contributed by atoms with van der Waals surface area (Å²) in [5.74, 6) is -2.86. The van der Waals surface area contributed by atoms with Crippen LogP contribution in [0.3, 0.4) is 0 Å². The number of aromatic hydroxyl groups is 1. The molecule has 2 aromatic rings. The lowest BCUT2D eigenvalue weighted by molar-refractivity contribution is 0.0697. The van der Waals surface area contributed by atoms with Gasteiger partial charge in [0.2, 0.25) is 0 Å². The SMILES string of the molecule is O=C(Nc1c(F)cccc1C(=O)O)c1ccc(O)cc1. The van der Waals surface area contributed by atoms with Crippen LogP contribution in [0.2, 0.25) is 0 Å². The molecule has 1 amide bonds. The average molecular weight is 275 g/mol. The third-order valence-corrected chi connectivity index (χ3v) is 2.61. The van der Waals surface area contributed by atoms with Crippen LogP contribution in [0.4, 0.5) is 10.1 Å². The van der Waals surface area contributed by atoms with Gasteiger partial charge in [-0.25, -0.2) is 9.18 Å². The topological polar surface area (TPSA) is 86.6 Å². The number of amides is 1. The fraction of sp³-hybridized carbons (Fsp3) is 0. The smallest absolute Gasteiger partial charge is 0.337 e. The largest absolute Gasteiger partial charge is 0.508 e. The molecule has 0 saturated heterocycles. The van der Waals surface area contributed by atoms with E-state index in [0.717, 1.165) is 6.07 Å². The molecule has 0 bridgehead atoms. The quantitative estimate of drug-likeness (QED) is 0.803. The normalized spacial score (nSPS) is 10.1. The Bertz CT molecular complexity index is 667. The van der Waals surface area contributed by atoms with Crippen LogP contribution in [0.5, 0.6) is 5.75 Å². The number of phenolic OH excluding ortho intramolecular Hbond substituents is 1. The summed E-state index contributed by atoms with van der Waals surface area (Å²) in [5.41, 5.74) is -0.558. The molecule has 2 aromatic carbocycles. The maximum absolute atomic E-state index is 13.6. The number of hydrogen-bond donors (Lipinski definition) is 3. The van der Waals surface area contributed by atoms with E-state index in [1.807, 2.05) is 0 Å². The second-order valence-electron chi connectivity index (χ2n) is 3.97. The summed E-state index contributed by atoms with van der Waals surface area (Å²) >= 11 is 0. The Labute approximate surface area is 113 Å². The molecule has 6 heteroatoms. The lowest BCUT2D eigenvalue weighted by Gasteiger charge is -2.09. The summed E-state index contributed by atoms with van der Waals surface area (Å²) in [6.07, 6.45) is 0. The number of benzene rings is 2. The van der Waals surface area contributed by atoms with Gasteiger partial charge in [-0.15, -0.1) is 0 Å². The second-order valence-corrected chi connectivity index (χ2v) is 3.97. The Morgan fingerprint density at radius 2 is 1.70 bits per heavy atom. The van der Waals surface area contributed by atoms with Crippen molar-refractivity contribution in [2.24, 2.45) is 0 Å². The standard InChI is InChI=1S/C14H10FNO4/c15-11-3-1-2-10(14(19)20)12(11)16-13(18)8-4-6-9(17)7-5-8/h1-7,17H,(H,16,18)(H,19,20). The van der Waals surface area contributed by atoms with Crippen LogP contribution in [0.15, 0.2) is 42.5 Å². The number of rotatable bonds is 3. The molecule has 0 unspecified atom stereocenters. The van der Waals surface area contributed by atoms with E-state index in [2.05, 4.69) is 5.32 Å². The van der Waals surface area contributed by atoms with Crippen LogP contribution in [0, 0.1) is 5.82 Å². The molecule has 0 fully saturated rings. The molecule has 2 rings (SSSR count). The Balaban J connectivity index is 2.32. The van der Waals surface area contributed by atoms with Gasteiger partial charge in [0.15, 0.2) is 0 Å². The molecule has 0 aromatic heterocycles. The highest BCUT2D eigenvalue weighted by Gasteiger charge is 2.17. The van der Waals surface area contributed by atoms with E-state index in [0.29, 0.717) is 0 Å². The molecule has 0 aliphatic heterocycles. The van der Waals surface area contributed by atoms with Crippen molar-refractivity contribution in [1.82, 2.24) is 0 Å². The van der Waals surface area contributed by atoms with Gasteiger partial charge >= 0.3 is 5.97 Å². The van der Waals surface area contributed by atoms with Crippen molar-refractivity contribution in [3.8, 4) is 5.75 Å². The molecule has 0 aliphatic rings. The van der Waals surface area contributed by atoms with Crippen LogP contribution >= 0.6 is 0 Å². The van der Waals surface area contributed by atoms with E-state index in [9.17, 15) is 14.0 Å². The van der Waals surface area contributed by atoms with Gasteiger partial charge in [0, 0.05) is 5.56 Å². The van der Waals surface area contributed by atoms with Crippen molar-refractivity contribution >= 4 is 17.6 Å². The van der Waals surface area contributed by atoms with Crippen molar-refractivity contribution in [1.29, 1.82) is 0 Å². The molecule has 0 aliphatic carbocycles. The number of carboxylic acid groups (broad SMARTS) is 1. The molecule has 5 nitrogen and oxygen atoms in total. The van der Waals surface area contributed by atoms with Crippen LogP contribution < -0.4 is 5.32 Å². The summed E-state index contributed by atoms with van der Waals surface area (Å²) in [5, 5.41) is 20.3. The van der Waals surface area contributed by atoms with E-state index >= 15 is 0 Å². The van der Waals surface area contributed by atoms with Crippen LogP contribution in [0.25, 0.3) is 0 Å². The first kappa shape index (κ1) is 13.5. The first-order chi connectivity index (χ1) is 9.49. The lowest BCUT2D eigenvalue weighted by Crippen LogP contribution is -2.16. The van der Waals surface area contributed by atoms with E-state index in [-0.39, 0.29) is 16.9 Å². The maximum atomic E-state index is 13.6. The molecule has 0 radical (unpaired) electrons. The van der Waals surface area contributed by atoms with Crippen molar-refractivity contribution in [2.45, 2.75) is 0 Å². The molecule has 102 valence electrons. The summed E-state index contributed by atoms with van der Waals surface area (Å²) in [6.45, 7) is 0. The van der Waals surface area contributed by atoms with Gasteiger partial charge in [0.25, 0.3) is 5.91 Å². The summed E-state index contributed by atoms with van der Waals surface area (Å²) in [4.78, 5) is 22.9. The summed E-state index contributed by atoms with van der Waals surface area (Å²) in [7, 11) is 0. The fourth-order valence-corrected chi connectivity index (χ4v) is 1.63. The molecule has 0 atom stereocenters. The molecule has 0 saturated carbocycles. The molecule has 0 heterocycles. The van der Waals surface area contributed by atoms with Crippen LogP contribution in [-0.4, -0.2) is 22.1 Å². The Morgan fingerprint density at radius 3 is 2.30 bits per heavy atom. The number of carboxylic acids is 1. The fourth-order valence-electron chi connectivity index (χ4n) is 1.63. The minimum atomic E-state index is -1.34. The van der Waals surface area contributed by atoms with Gasteiger partial charge in [-0.2, -0.15) is 0 Å². The second kappa shape index (κ2) is 5.40. The minimum absolute atomic E-state index is 0.0151. The number of anilines is 1. The Kier molecular flexibility index (Phi) is 3.65. The van der Waals surface area contributed by atoms with Gasteiger partial charge in [-0.05, 0) is 36.4 Å². The first-order valence-corrected chi connectivity index (χ1v) is 5.61. The monoisotopic (exact) mass is 275 g/mol. The maximum Gasteiger partial charge on any atom is 0.337 e. The average Bonchev–Trinajstić information content (AvgIpc) is 2.41. The third-order valence-electron chi connectivity index (χ3n) is 2.61. The molecule has 0 spiro atoms. The number of nitrogens with one attached hydrogen (secondary N) is 1. The molecular formula is C14H10FNO4. The molecule has 3 N–H and O–H groups in total. The third kappa shape index (κ3) is 2.74. The number of aromatic carboxylic acids is 1. The number of halogens is 1. The van der Waals surface area contributed by atoms with Crippen LogP contribution in [0.1, 0.15) is 20.7 Å². The predicted molar refractivity (Wildman–Crippen MR) is 69.4 cm³/mol. The van der Waals surface area contributed by atoms with Gasteiger partial charge in [0.1, 0.15) is 11.6 Å². The zero-order chi connectivity index (χ0) is 14.7. The Morgan fingerprint density at radius 1 is 1.05 bits per heavy atom. The number of hydrogen-bond acceptors (Lipinski definition) is 3. The minimum Gasteiger partial charge on any atom is -0.508 e. The summed E-state index contributed by atoms with van der Waals surface area (Å²) < 4.78 is 13.6. The van der Waals surface area contributed by atoms with Crippen molar-refractivity contribution in [3.05, 3.63) is 59.4 Å². The van der Waals surface area contributed by atoms with Crippen molar-refractivity contribution in [2.75, 3.05) is 5.32 Å². The zero-order valence-corrected chi connectivity index (χ0v) is 10.1. The summed E-state index contributed by atoms with van der Waals surface area (Å²) in [6, 6.07) is 8.77. The number of carbonyl (C=O) groups excluding carboxylic acids is 1. The van der Waals surface area contributed by atoms with E-state index in [4.69, 9.17) is 10.2 Å². The lowest BCUT2D eigenvalue weighted by atomic mass is 10.1. The zero-order valence-electron chi connectivity index (χ0n) is 10.1. The molecule has 20 heavy (non-hydrogen) atoms. The van der Waals surface area contributed by atoms with Gasteiger partial charge < -0.3 is 15.5 Å². The van der Waals surface area contributed by atoms with E-state index in [1.165, 1.54) is 36.4 Å². The Hall–Kier alpha value is -2.89. The highest BCUT2D eigenvalue weighted by molar-refractivity contribution is 6.07.